The minimum Gasteiger partial charge on any atom is -0.481 e. The van der Waals surface area contributed by atoms with Gasteiger partial charge in [0.2, 0.25) is 0 Å². The van der Waals surface area contributed by atoms with Crippen LogP contribution in [0.2, 0.25) is 0 Å². The standard InChI is InChI=1S/C12H22N2O3/c1-2-9(7-11(15)16)8-13-12(17)14-10-5-3-4-6-10/h9-10H,2-8H2,1H3,(H,15,16)(H2,13,14,17). The van der Waals surface area contributed by atoms with E-state index in [0.717, 1.165) is 19.3 Å². The predicted octanol–water partition coefficient (Wildman–Crippen LogP) is 1.73. The number of carboxylic acids is 1. The van der Waals surface area contributed by atoms with Crippen LogP contribution in [0.3, 0.4) is 0 Å². The van der Waals surface area contributed by atoms with Crippen molar-refractivity contribution in [3.05, 3.63) is 0 Å². The average Bonchev–Trinajstić information content (AvgIpc) is 2.76. The second-order valence-corrected chi connectivity index (χ2v) is 4.71. The molecule has 0 aromatic heterocycles. The molecule has 0 radical (unpaired) electrons. The Labute approximate surface area is 102 Å². The molecular weight excluding hydrogens is 220 g/mol. The van der Waals surface area contributed by atoms with Gasteiger partial charge in [-0.3, -0.25) is 4.79 Å². The number of carbonyl (C=O) groups excluding carboxylic acids is 1. The van der Waals surface area contributed by atoms with Gasteiger partial charge in [-0.05, 0) is 18.8 Å². The molecule has 1 aliphatic rings. The van der Waals surface area contributed by atoms with Gasteiger partial charge in [0.25, 0.3) is 0 Å². The molecule has 0 aromatic carbocycles. The maximum atomic E-state index is 11.5. The fourth-order valence-corrected chi connectivity index (χ4v) is 2.15. The van der Waals surface area contributed by atoms with Gasteiger partial charge in [0.1, 0.15) is 0 Å². The summed E-state index contributed by atoms with van der Waals surface area (Å²) in [4.78, 5) is 22.1. The maximum Gasteiger partial charge on any atom is 0.315 e. The average molecular weight is 242 g/mol. The molecule has 2 amide bonds. The second kappa shape index (κ2) is 7.14. The lowest BCUT2D eigenvalue weighted by molar-refractivity contribution is -0.138. The predicted molar refractivity (Wildman–Crippen MR) is 64.8 cm³/mol. The zero-order valence-corrected chi connectivity index (χ0v) is 10.4. The van der Waals surface area contributed by atoms with Gasteiger partial charge in [0, 0.05) is 19.0 Å². The minimum atomic E-state index is -0.810. The summed E-state index contributed by atoms with van der Waals surface area (Å²) in [7, 11) is 0. The van der Waals surface area contributed by atoms with Crippen molar-refractivity contribution in [2.45, 2.75) is 51.5 Å². The van der Waals surface area contributed by atoms with E-state index in [-0.39, 0.29) is 18.4 Å². The van der Waals surface area contributed by atoms with Gasteiger partial charge in [-0.2, -0.15) is 0 Å². The van der Waals surface area contributed by atoms with Crippen LogP contribution in [-0.2, 0) is 4.79 Å². The summed E-state index contributed by atoms with van der Waals surface area (Å²) in [5.74, 6) is -0.795. The largest absolute Gasteiger partial charge is 0.481 e. The third-order valence-corrected chi connectivity index (χ3v) is 3.28. The first-order chi connectivity index (χ1) is 8.11. The molecule has 1 fully saturated rings. The fraction of sp³-hybridized carbons (Fsp3) is 0.833. The van der Waals surface area contributed by atoms with E-state index in [0.29, 0.717) is 12.6 Å². The monoisotopic (exact) mass is 242 g/mol. The molecule has 0 saturated heterocycles. The number of carboxylic acid groups (broad SMARTS) is 1. The molecule has 0 heterocycles. The Morgan fingerprint density at radius 3 is 2.53 bits per heavy atom. The van der Waals surface area contributed by atoms with E-state index in [1.54, 1.807) is 0 Å². The highest BCUT2D eigenvalue weighted by Gasteiger charge is 2.18. The van der Waals surface area contributed by atoms with Gasteiger partial charge >= 0.3 is 12.0 Å². The van der Waals surface area contributed by atoms with Crippen molar-refractivity contribution in [3.63, 3.8) is 0 Å². The smallest absolute Gasteiger partial charge is 0.315 e. The molecule has 0 aliphatic heterocycles. The zero-order chi connectivity index (χ0) is 12.7. The zero-order valence-electron chi connectivity index (χ0n) is 10.4. The van der Waals surface area contributed by atoms with E-state index < -0.39 is 5.97 Å². The van der Waals surface area contributed by atoms with Crippen molar-refractivity contribution < 1.29 is 14.7 Å². The van der Waals surface area contributed by atoms with Gasteiger partial charge in [-0.25, -0.2) is 4.79 Å². The summed E-state index contributed by atoms with van der Waals surface area (Å²) in [6.45, 7) is 2.37. The van der Waals surface area contributed by atoms with Gasteiger partial charge in [-0.1, -0.05) is 26.2 Å². The first-order valence-corrected chi connectivity index (χ1v) is 6.38. The SMILES string of the molecule is CCC(CNC(=O)NC1CCCC1)CC(=O)O. The topological polar surface area (TPSA) is 78.4 Å². The van der Waals surface area contributed by atoms with E-state index in [1.165, 1.54) is 12.8 Å². The second-order valence-electron chi connectivity index (χ2n) is 4.71. The highest BCUT2D eigenvalue weighted by atomic mass is 16.4. The lowest BCUT2D eigenvalue weighted by atomic mass is 10.0. The normalized spacial score (nSPS) is 17.7. The molecular formula is C12H22N2O3. The molecule has 5 heteroatoms. The van der Waals surface area contributed by atoms with E-state index in [4.69, 9.17) is 5.11 Å². The minimum absolute atomic E-state index is 0.0156. The molecule has 1 aliphatic carbocycles. The molecule has 1 atom stereocenters. The molecule has 98 valence electrons. The Hall–Kier alpha value is -1.26. The Bertz CT molecular complexity index is 262. The van der Waals surface area contributed by atoms with Crippen LogP contribution in [0.5, 0.6) is 0 Å². The first kappa shape index (κ1) is 13.8. The van der Waals surface area contributed by atoms with Crippen molar-refractivity contribution in [2.24, 2.45) is 5.92 Å². The summed E-state index contributed by atoms with van der Waals surface area (Å²) >= 11 is 0. The fourth-order valence-electron chi connectivity index (χ4n) is 2.15. The Morgan fingerprint density at radius 2 is 2.00 bits per heavy atom. The van der Waals surface area contributed by atoms with Crippen LogP contribution in [0.25, 0.3) is 0 Å². The van der Waals surface area contributed by atoms with Gasteiger partial charge < -0.3 is 15.7 Å². The van der Waals surface area contributed by atoms with Crippen LogP contribution in [0.15, 0.2) is 0 Å². The van der Waals surface area contributed by atoms with Crippen LogP contribution in [0.4, 0.5) is 4.79 Å². The number of hydrogen-bond acceptors (Lipinski definition) is 2. The highest BCUT2D eigenvalue weighted by molar-refractivity contribution is 5.74. The molecule has 0 aromatic rings. The van der Waals surface area contributed by atoms with E-state index >= 15 is 0 Å². The highest BCUT2D eigenvalue weighted by Crippen LogP contribution is 2.17. The molecule has 3 N–H and O–H groups in total. The summed E-state index contributed by atoms with van der Waals surface area (Å²) in [5.41, 5.74) is 0. The summed E-state index contributed by atoms with van der Waals surface area (Å²) in [6.07, 6.45) is 5.35. The lowest BCUT2D eigenvalue weighted by Crippen LogP contribution is -2.42. The molecule has 1 rings (SSSR count). The van der Waals surface area contributed by atoms with E-state index in [2.05, 4.69) is 10.6 Å². The molecule has 17 heavy (non-hydrogen) atoms. The van der Waals surface area contributed by atoms with Crippen LogP contribution >= 0.6 is 0 Å². The van der Waals surface area contributed by atoms with Crippen molar-refractivity contribution >= 4 is 12.0 Å². The van der Waals surface area contributed by atoms with Crippen LogP contribution in [0.1, 0.15) is 45.4 Å². The molecule has 1 saturated carbocycles. The van der Waals surface area contributed by atoms with Gasteiger partial charge in [-0.15, -0.1) is 0 Å². The third kappa shape index (κ3) is 5.56. The van der Waals surface area contributed by atoms with Crippen molar-refractivity contribution in [2.75, 3.05) is 6.54 Å². The van der Waals surface area contributed by atoms with Crippen LogP contribution in [-0.4, -0.2) is 29.7 Å². The first-order valence-electron chi connectivity index (χ1n) is 6.38. The van der Waals surface area contributed by atoms with Gasteiger partial charge in [0.05, 0.1) is 0 Å². The van der Waals surface area contributed by atoms with Crippen molar-refractivity contribution in [1.82, 2.24) is 10.6 Å². The lowest BCUT2D eigenvalue weighted by Gasteiger charge is -2.16. The Balaban J connectivity index is 2.18. The third-order valence-electron chi connectivity index (χ3n) is 3.28. The number of nitrogens with one attached hydrogen (secondary N) is 2. The van der Waals surface area contributed by atoms with Crippen LogP contribution in [0, 0.1) is 5.92 Å². The number of rotatable bonds is 6. The van der Waals surface area contributed by atoms with E-state index in [9.17, 15) is 9.59 Å². The number of carbonyl (C=O) groups is 2. The van der Waals surface area contributed by atoms with Gasteiger partial charge in [0.15, 0.2) is 0 Å². The number of aliphatic carboxylic acids is 1. The number of urea groups is 1. The molecule has 0 bridgehead atoms. The van der Waals surface area contributed by atoms with Crippen molar-refractivity contribution in [3.8, 4) is 0 Å². The summed E-state index contributed by atoms with van der Waals surface area (Å²) in [5, 5.41) is 14.3. The maximum absolute atomic E-state index is 11.5. The number of amides is 2. The quantitative estimate of drug-likeness (QED) is 0.663. The van der Waals surface area contributed by atoms with Crippen LogP contribution < -0.4 is 10.6 Å². The van der Waals surface area contributed by atoms with Crippen molar-refractivity contribution in [1.29, 1.82) is 0 Å². The number of hydrogen-bond donors (Lipinski definition) is 3. The molecule has 5 nitrogen and oxygen atoms in total. The summed E-state index contributed by atoms with van der Waals surface area (Å²) < 4.78 is 0. The Kier molecular flexibility index (Phi) is 5.80. The Morgan fingerprint density at radius 1 is 1.35 bits per heavy atom. The molecule has 1 unspecified atom stereocenters. The van der Waals surface area contributed by atoms with E-state index in [1.807, 2.05) is 6.92 Å². The molecule has 0 spiro atoms. The summed E-state index contributed by atoms with van der Waals surface area (Å²) in [6, 6.07) is 0.135.